The number of carbonyl (C=O) groups is 1. The predicted octanol–water partition coefficient (Wildman–Crippen LogP) is 1.73. The maximum absolute atomic E-state index is 11.9. The summed E-state index contributed by atoms with van der Waals surface area (Å²) >= 11 is 0. The van der Waals surface area contributed by atoms with Gasteiger partial charge in [-0.05, 0) is 24.4 Å². The number of methoxy groups -OCH3 is 1. The summed E-state index contributed by atoms with van der Waals surface area (Å²) in [5.74, 6) is 0.758. The topological polar surface area (TPSA) is 64.3 Å². The van der Waals surface area contributed by atoms with Crippen LogP contribution in [0.25, 0.3) is 0 Å². The monoisotopic (exact) mass is 264 g/mol. The molecule has 0 heterocycles. The van der Waals surface area contributed by atoms with Gasteiger partial charge in [-0.3, -0.25) is 4.79 Å². The maximum Gasteiger partial charge on any atom is 0.224 e. The third-order valence-corrected chi connectivity index (χ3v) is 3.13. The zero-order valence-electron chi connectivity index (χ0n) is 12.0. The van der Waals surface area contributed by atoms with Crippen molar-refractivity contribution in [3.05, 3.63) is 29.8 Å². The summed E-state index contributed by atoms with van der Waals surface area (Å²) < 4.78 is 5.23. The van der Waals surface area contributed by atoms with Crippen LogP contribution in [0, 0.1) is 5.41 Å². The molecule has 0 aliphatic rings. The second kappa shape index (κ2) is 7.14. The molecule has 1 aromatic rings. The Bertz CT molecular complexity index is 416. The van der Waals surface area contributed by atoms with Crippen LogP contribution in [0.5, 0.6) is 5.75 Å². The molecule has 0 unspecified atom stereocenters. The van der Waals surface area contributed by atoms with E-state index in [2.05, 4.69) is 19.2 Å². The molecule has 4 nitrogen and oxygen atoms in total. The minimum atomic E-state index is 0.00889. The number of amides is 1. The van der Waals surface area contributed by atoms with E-state index >= 15 is 0 Å². The van der Waals surface area contributed by atoms with Crippen LogP contribution in [0.4, 0.5) is 0 Å². The Morgan fingerprint density at radius 1 is 1.37 bits per heavy atom. The summed E-state index contributed by atoms with van der Waals surface area (Å²) in [6.45, 7) is 5.47. The van der Waals surface area contributed by atoms with Gasteiger partial charge < -0.3 is 15.8 Å². The van der Waals surface area contributed by atoms with E-state index < -0.39 is 0 Å². The van der Waals surface area contributed by atoms with Crippen molar-refractivity contribution in [2.24, 2.45) is 11.1 Å². The van der Waals surface area contributed by atoms with Gasteiger partial charge in [0, 0.05) is 12.1 Å². The number of para-hydroxylation sites is 1. The molecule has 0 spiro atoms. The van der Waals surface area contributed by atoms with Gasteiger partial charge >= 0.3 is 0 Å². The Labute approximate surface area is 115 Å². The van der Waals surface area contributed by atoms with Crippen LogP contribution in [0.15, 0.2) is 24.3 Å². The fourth-order valence-corrected chi connectivity index (χ4v) is 1.90. The van der Waals surface area contributed by atoms with Gasteiger partial charge in [-0.15, -0.1) is 0 Å². The molecule has 0 saturated heterocycles. The highest BCUT2D eigenvalue weighted by Crippen LogP contribution is 2.19. The molecule has 19 heavy (non-hydrogen) atoms. The minimum absolute atomic E-state index is 0.00889. The summed E-state index contributed by atoms with van der Waals surface area (Å²) in [6, 6.07) is 7.57. The lowest BCUT2D eigenvalue weighted by molar-refractivity contribution is -0.120. The van der Waals surface area contributed by atoms with E-state index in [9.17, 15) is 4.79 Å². The standard InChI is InChI=1S/C15H24N2O2/c1-15(2,8-9-16)11-17-14(18)10-12-6-4-5-7-13(12)19-3/h4-7H,8-11,16H2,1-3H3,(H,17,18). The molecule has 0 radical (unpaired) electrons. The zero-order valence-corrected chi connectivity index (χ0v) is 12.0. The van der Waals surface area contributed by atoms with Gasteiger partial charge in [0.05, 0.1) is 13.5 Å². The summed E-state index contributed by atoms with van der Waals surface area (Å²) in [4.78, 5) is 11.9. The highest BCUT2D eigenvalue weighted by molar-refractivity contribution is 5.79. The molecule has 0 fully saturated rings. The van der Waals surface area contributed by atoms with E-state index in [0.29, 0.717) is 19.5 Å². The van der Waals surface area contributed by atoms with Crippen molar-refractivity contribution in [2.75, 3.05) is 20.2 Å². The second-order valence-corrected chi connectivity index (χ2v) is 5.47. The van der Waals surface area contributed by atoms with Gasteiger partial charge in [-0.1, -0.05) is 32.0 Å². The molecule has 0 bridgehead atoms. The van der Waals surface area contributed by atoms with Crippen LogP contribution in [-0.4, -0.2) is 26.1 Å². The van der Waals surface area contributed by atoms with Gasteiger partial charge in [0.2, 0.25) is 5.91 Å². The average Bonchev–Trinajstić information content (AvgIpc) is 2.37. The first-order valence-electron chi connectivity index (χ1n) is 6.57. The lowest BCUT2D eigenvalue weighted by atomic mass is 9.89. The molecular formula is C15H24N2O2. The quantitative estimate of drug-likeness (QED) is 0.788. The molecule has 3 N–H and O–H groups in total. The van der Waals surface area contributed by atoms with E-state index in [1.807, 2.05) is 24.3 Å². The predicted molar refractivity (Wildman–Crippen MR) is 77.2 cm³/mol. The van der Waals surface area contributed by atoms with Gasteiger partial charge in [0.25, 0.3) is 0 Å². The Balaban J connectivity index is 2.52. The normalized spacial score (nSPS) is 11.2. The Kier molecular flexibility index (Phi) is 5.83. The average molecular weight is 264 g/mol. The number of hydrogen-bond acceptors (Lipinski definition) is 3. The lowest BCUT2D eigenvalue weighted by Crippen LogP contribution is -2.36. The number of hydrogen-bond donors (Lipinski definition) is 2. The third-order valence-electron chi connectivity index (χ3n) is 3.13. The van der Waals surface area contributed by atoms with Crippen molar-refractivity contribution in [2.45, 2.75) is 26.7 Å². The number of nitrogens with two attached hydrogens (primary N) is 1. The summed E-state index contributed by atoms with van der Waals surface area (Å²) in [5.41, 5.74) is 6.49. The van der Waals surface area contributed by atoms with Crippen molar-refractivity contribution < 1.29 is 9.53 Å². The fourth-order valence-electron chi connectivity index (χ4n) is 1.90. The Hall–Kier alpha value is -1.55. The van der Waals surface area contributed by atoms with Crippen molar-refractivity contribution in [1.82, 2.24) is 5.32 Å². The molecular weight excluding hydrogens is 240 g/mol. The van der Waals surface area contributed by atoms with Crippen LogP contribution in [0.1, 0.15) is 25.8 Å². The molecule has 0 aliphatic heterocycles. The molecule has 4 heteroatoms. The number of carbonyl (C=O) groups excluding carboxylic acids is 1. The van der Waals surface area contributed by atoms with Crippen LogP contribution >= 0.6 is 0 Å². The largest absolute Gasteiger partial charge is 0.496 e. The molecule has 106 valence electrons. The molecule has 1 rings (SSSR count). The van der Waals surface area contributed by atoms with E-state index in [4.69, 9.17) is 10.5 Å². The molecule has 0 aliphatic carbocycles. The molecule has 0 saturated carbocycles. The smallest absolute Gasteiger partial charge is 0.224 e. The van der Waals surface area contributed by atoms with Crippen molar-refractivity contribution in [3.63, 3.8) is 0 Å². The minimum Gasteiger partial charge on any atom is -0.496 e. The first-order chi connectivity index (χ1) is 8.98. The first kappa shape index (κ1) is 15.5. The number of ether oxygens (including phenoxy) is 1. The number of benzene rings is 1. The van der Waals surface area contributed by atoms with Gasteiger partial charge in [-0.25, -0.2) is 0 Å². The van der Waals surface area contributed by atoms with Crippen LogP contribution in [0.2, 0.25) is 0 Å². The molecule has 1 aromatic carbocycles. The molecule has 0 aromatic heterocycles. The van der Waals surface area contributed by atoms with Crippen LogP contribution < -0.4 is 15.8 Å². The van der Waals surface area contributed by atoms with Crippen LogP contribution in [-0.2, 0) is 11.2 Å². The maximum atomic E-state index is 11.9. The van der Waals surface area contributed by atoms with Gasteiger partial charge in [0.15, 0.2) is 0 Å². The fraction of sp³-hybridized carbons (Fsp3) is 0.533. The lowest BCUT2D eigenvalue weighted by Gasteiger charge is -2.24. The van der Waals surface area contributed by atoms with Crippen LogP contribution in [0.3, 0.4) is 0 Å². The van der Waals surface area contributed by atoms with E-state index in [-0.39, 0.29) is 11.3 Å². The first-order valence-corrected chi connectivity index (χ1v) is 6.57. The van der Waals surface area contributed by atoms with E-state index in [0.717, 1.165) is 17.7 Å². The Morgan fingerprint density at radius 3 is 2.68 bits per heavy atom. The molecule has 1 amide bonds. The zero-order chi connectivity index (χ0) is 14.3. The van der Waals surface area contributed by atoms with Crippen molar-refractivity contribution >= 4 is 5.91 Å². The van der Waals surface area contributed by atoms with Gasteiger partial charge in [0.1, 0.15) is 5.75 Å². The summed E-state index contributed by atoms with van der Waals surface area (Å²) in [6.07, 6.45) is 1.23. The van der Waals surface area contributed by atoms with Crippen molar-refractivity contribution in [1.29, 1.82) is 0 Å². The number of rotatable bonds is 7. The highest BCUT2D eigenvalue weighted by Gasteiger charge is 2.18. The Morgan fingerprint density at radius 2 is 2.05 bits per heavy atom. The van der Waals surface area contributed by atoms with Crippen molar-refractivity contribution in [3.8, 4) is 5.75 Å². The second-order valence-electron chi connectivity index (χ2n) is 5.47. The third kappa shape index (κ3) is 5.30. The number of nitrogens with one attached hydrogen (secondary N) is 1. The van der Waals surface area contributed by atoms with E-state index in [1.165, 1.54) is 0 Å². The SMILES string of the molecule is COc1ccccc1CC(=O)NCC(C)(C)CCN. The van der Waals surface area contributed by atoms with E-state index in [1.54, 1.807) is 7.11 Å². The summed E-state index contributed by atoms with van der Waals surface area (Å²) in [7, 11) is 1.61. The van der Waals surface area contributed by atoms with Gasteiger partial charge in [-0.2, -0.15) is 0 Å². The molecule has 0 atom stereocenters. The summed E-state index contributed by atoms with van der Waals surface area (Å²) in [5, 5.41) is 2.96. The highest BCUT2D eigenvalue weighted by atomic mass is 16.5.